The molecule has 0 saturated carbocycles. The highest BCUT2D eigenvalue weighted by Crippen LogP contribution is 2.11. The summed E-state index contributed by atoms with van der Waals surface area (Å²) in [6, 6.07) is 16.4. The van der Waals surface area contributed by atoms with Gasteiger partial charge in [0.2, 0.25) is 0 Å². The summed E-state index contributed by atoms with van der Waals surface area (Å²) in [6.45, 7) is 7.02. The van der Waals surface area contributed by atoms with Crippen LogP contribution in [-0.4, -0.2) is 22.1 Å². The number of nitrogens with zero attached hydrogens (tertiary/aromatic N) is 3. The summed E-state index contributed by atoms with van der Waals surface area (Å²) in [4.78, 5) is 9.00. The van der Waals surface area contributed by atoms with E-state index in [9.17, 15) is 0 Å². The molecule has 2 N–H and O–H groups in total. The highest BCUT2D eigenvalue weighted by atomic mass is 35.5. The van der Waals surface area contributed by atoms with Crippen LogP contribution in [0.5, 0.6) is 0 Å². The lowest BCUT2D eigenvalue weighted by molar-refractivity contribution is 0.760. The first kappa shape index (κ1) is 20.0. The number of imidazole rings is 1. The molecule has 0 radical (unpaired) electrons. The number of aromatic nitrogens is 2. The van der Waals surface area contributed by atoms with Crippen molar-refractivity contribution in [1.29, 1.82) is 0 Å². The van der Waals surface area contributed by atoms with Crippen LogP contribution in [0.2, 0.25) is 5.02 Å². The summed E-state index contributed by atoms with van der Waals surface area (Å²) >= 11 is 5.95. The zero-order valence-corrected chi connectivity index (χ0v) is 17.1. The van der Waals surface area contributed by atoms with Crippen LogP contribution in [0, 0.1) is 6.92 Å². The van der Waals surface area contributed by atoms with E-state index in [1.54, 1.807) is 0 Å². The Morgan fingerprint density at radius 2 is 1.86 bits per heavy atom. The van der Waals surface area contributed by atoms with Crippen molar-refractivity contribution >= 4 is 17.6 Å². The van der Waals surface area contributed by atoms with Crippen molar-refractivity contribution in [3.8, 4) is 0 Å². The Morgan fingerprint density at radius 1 is 1.07 bits per heavy atom. The molecule has 0 aliphatic rings. The minimum absolute atomic E-state index is 0.618. The molecule has 0 bridgehead atoms. The predicted octanol–water partition coefficient (Wildman–Crippen LogP) is 4.15. The topological polar surface area (TPSA) is 54.2 Å². The summed E-state index contributed by atoms with van der Waals surface area (Å²) in [5.41, 5.74) is 3.58. The van der Waals surface area contributed by atoms with E-state index < -0.39 is 0 Å². The smallest absolute Gasteiger partial charge is 0.191 e. The Hall–Kier alpha value is -2.79. The van der Waals surface area contributed by atoms with Gasteiger partial charge in [-0.3, -0.25) is 0 Å². The summed E-state index contributed by atoms with van der Waals surface area (Å²) in [5.74, 6) is 1.82. The predicted molar refractivity (Wildman–Crippen MR) is 116 cm³/mol. The molecule has 0 atom stereocenters. The van der Waals surface area contributed by atoms with Gasteiger partial charge in [0, 0.05) is 37.1 Å². The summed E-state index contributed by atoms with van der Waals surface area (Å²) in [7, 11) is 0. The minimum Gasteiger partial charge on any atom is -0.357 e. The number of benzene rings is 2. The lowest BCUT2D eigenvalue weighted by Crippen LogP contribution is -2.36. The Morgan fingerprint density at radius 3 is 2.57 bits per heavy atom. The average Bonchev–Trinajstić information content (AvgIpc) is 3.10. The second-order valence-electron chi connectivity index (χ2n) is 6.60. The Balaban J connectivity index is 1.62. The molecule has 6 heteroatoms. The van der Waals surface area contributed by atoms with E-state index in [0.717, 1.165) is 35.5 Å². The van der Waals surface area contributed by atoms with E-state index >= 15 is 0 Å². The SMILES string of the molecule is CCNC(=NCc1cccc(Cn2ccnc2C)c1)NCc1ccc(Cl)cc1. The first-order valence-corrected chi connectivity index (χ1v) is 9.84. The number of aliphatic imine (C=N–C) groups is 1. The Bertz CT molecular complexity index is 915. The van der Waals surface area contributed by atoms with Crippen molar-refractivity contribution in [2.45, 2.75) is 33.5 Å². The van der Waals surface area contributed by atoms with Gasteiger partial charge in [-0.1, -0.05) is 48.0 Å². The normalized spacial score (nSPS) is 11.5. The standard InChI is InChI=1S/C22H26ClN5/c1-3-24-22(26-14-18-7-9-21(23)10-8-18)27-15-19-5-4-6-20(13-19)16-28-12-11-25-17(28)2/h4-13H,3,14-16H2,1-2H3,(H2,24,26,27). The lowest BCUT2D eigenvalue weighted by Gasteiger charge is -2.12. The number of aryl methyl sites for hydroxylation is 1. The van der Waals surface area contributed by atoms with Gasteiger partial charge in [0.1, 0.15) is 5.82 Å². The second kappa shape index (κ2) is 9.95. The average molecular weight is 396 g/mol. The van der Waals surface area contributed by atoms with Crippen LogP contribution in [0.4, 0.5) is 0 Å². The number of halogens is 1. The summed E-state index contributed by atoms with van der Waals surface area (Å²) in [5, 5.41) is 7.41. The first-order valence-electron chi connectivity index (χ1n) is 9.46. The quantitative estimate of drug-likeness (QED) is 0.466. The van der Waals surface area contributed by atoms with Crippen LogP contribution in [0.1, 0.15) is 29.4 Å². The van der Waals surface area contributed by atoms with E-state index in [4.69, 9.17) is 16.6 Å². The molecule has 5 nitrogen and oxygen atoms in total. The minimum atomic E-state index is 0.618. The van der Waals surface area contributed by atoms with Crippen LogP contribution >= 0.6 is 11.6 Å². The molecule has 0 fully saturated rings. The fourth-order valence-electron chi connectivity index (χ4n) is 2.89. The number of guanidine groups is 1. The largest absolute Gasteiger partial charge is 0.357 e. The molecule has 146 valence electrons. The highest BCUT2D eigenvalue weighted by molar-refractivity contribution is 6.30. The second-order valence-corrected chi connectivity index (χ2v) is 7.03. The summed E-state index contributed by atoms with van der Waals surface area (Å²) in [6.07, 6.45) is 3.84. The van der Waals surface area contributed by atoms with Crippen molar-refractivity contribution in [1.82, 2.24) is 20.2 Å². The lowest BCUT2D eigenvalue weighted by atomic mass is 10.1. The van der Waals surface area contributed by atoms with E-state index in [-0.39, 0.29) is 0 Å². The zero-order chi connectivity index (χ0) is 19.8. The van der Waals surface area contributed by atoms with Crippen LogP contribution in [0.15, 0.2) is 65.9 Å². The molecule has 0 amide bonds. The fourth-order valence-corrected chi connectivity index (χ4v) is 3.02. The third-order valence-electron chi connectivity index (χ3n) is 4.41. The number of rotatable bonds is 7. The van der Waals surface area contributed by atoms with Gasteiger partial charge in [-0.25, -0.2) is 9.98 Å². The van der Waals surface area contributed by atoms with E-state index in [2.05, 4.69) is 51.4 Å². The molecular weight excluding hydrogens is 370 g/mol. The van der Waals surface area contributed by atoms with Gasteiger partial charge in [-0.05, 0) is 42.7 Å². The Kier molecular flexibility index (Phi) is 7.09. The number of hydrogen-bond acceptors (Lipinski definition) is 2. The van der Waals surface area contributed by atoms with Gasteiger partial charge >= 0.3 is 0 Å². The molecule has 0 aliphatic heterocycles. The molecule has 0 saturated heterocycles. The summed E-state index contributed by atoms with van der Waals surface area (Å²) < 4.78 is 2.14. The molecule has 1 aromatic heterocycles. The molecule has 2 aromatic carbocycles. The van der Waals surface area contributed by atoms with Gasteiger partial charge in [0.25, 0.3) is 0 Å². The molecule has 0 unspecified atom stereocenters. The van der Waals surface area contributed by atoms with E-state index in [1.165, 1.54) is 11.1 Å². The van der Waals surface area contributed by atoms with Crippen LogP contribution in [0.3, 0.4) is 0 Å². The van der Waals surface area contributed by atoms with Gasteiger partial charge < -0.3 is 15.2 Å². The van der Waals surface area contributed by atoms with Gasteiger partial charge in [-0.2, -0.15) is 0 Å². The van der Waals surface area contributed by atoms with Crippen LogP contribution in [0.25, 0.3) is 0 Å². The van der Waals surface area contributed by atoms with Crippen molar-refractivity contribution in [2.24, 2.45) is 4.99 Å². The zero-order valence-electron chi connectivity index (χ0n) is 16.3. The van der Waals surface area contributed by atoms with Gasteiger partial charge in [-0.15, -0.1) is 0 Å². The molecule has 0 aliphatic carbocycles. The molecule has 3 aromatic rings. The maximum Gasteiger partial charge on any atom is 0.191 e. The first-order chi connectivity index (χ1) is 13.6. The van der Waals surface area contributed by atoms with E-state index in [1.807, 2.05) is 43.6 Å². The van der Waals surface area contributed by atoms with E-state index in [0.29, 0.717) is 13.1 Å². The van der Waals surface area contributed by atoms with Crippen LogP contribution in [-0.2, 0) is 19.6 Å². The molecule has 28 heavy (non-hydrogen) atoms. The third kappa shape index (κ3) is 5.86. The van der Waals surface area contributed by atoms with Crippen molar-refractivity contribution in [2.75, 3.05) is 6.54 Å². The van der Waals surface area contributed by atoms with Crippen molar-refractivity contribution in [3.63, 3.8) is 0 Å². The monoisotopic (exact) mass is 395 g/mol. The molecular formula is C22H26ClN5. The van der Waals surface area contributed by atoms with Gasteiger partial charge in [0.05, 0.1) is 6.54 Å². The molecule has 0 spiro atoms. The van der Waals surface area contributed by atoms with Gasteiger partial charge in [0.15, 0.2) is 5.96 Å². The molecule has 3 rings (SSSR count). The molecule has 1 heterocycles. The Labute approximate surface area is 171 Å². The maximum absolute atomic E-state index is 5.95. The van der Waals surface area contributed by atoms with Crippen LogP contribution < -0.4 is 10.6 Å². The highest BCUT2D eigenvalue weighted by Gasteiger charge is 2.02. The fraction of sp³-hybridized carbons (Fsp3) is 0.273. The third-order valence-corrected chi connectivity index (χ3v) is 4.66. The maximum atomic E-state index is 5.95. The van der Waals surface area contributed by atoms with Crippen molar-refractivity contribution in [3.05, 3.63) is 88.5 Å². The number of hydrogen-bond donors (Lipinski definition) is 2. The van der Waals surface area contributed by atoms with Crippen molar-refractivity contribution < 1.29 is 0 Å². The number of nitrogens with one attached hydrogen (secondary N) is 2.